The minimum atomic E-state index is -0.160. The molecule has 3 amide bonds. The second-order valence-corrected chi connectivity index (χ2v) is 5.50. The number of carbonyl (C=O) groups excluding carboxylic acids is 3. The summed E-state index contributed by atoms with van der Waals surface area (Å²) in [6.45, 7) is 3.34. The zero-order chi connectivity index (χ0) is 15.0. The predicted molar refractivity (Wildman–Crippen MR) is 80.0 cm³/mol. The molecule has 5 nitrogen and oxygen atoms in total. The smallest absolute Gasteiger partial charge is 0.229 e. The van der Waals surface area contributed by atoms with E-state index in [-0.39, 0.29) is 23.5 Å². The van der Waals surface area contributed by atoms with E-state index in [2.05, 4.69) is 12.2 Å². The van der Waals surface area contributed by atoms with Gasteiger partial charge in [-0.3, -0.25) is 19.3 Å². The lowest BCUT2D eigenvalue weighted by Gasteiger charge is -2.13. The van der Waals surface area contributed by atoms with Crippen LogP contribution in [0.4, 0.5) is 0 Å². The van der Waals surface area contributed by atoms with E-state index in [0.717, 1.165) is 38.6 Å². The molecule has 0 aromatic heterocycles. The van der Waals surface area contributed by atoms with Crippen molar-refractivity contribution in [1.82, 2.24) is 10.2 Å². The fourth-order valence-electron chi connectivity index (χ4n) is 2.31. The van der Waals surface area contributed by atoms with Crippen LogP contribution in [0.5, 0.6) is 0 Å². The third kappa shape index (κ3) is 5.35. The molecule has 0 bridgehead atoms. The number of hydrogen-bond acceptors (Lipinski definition) is 3. The van der Waals surface area contributed by atoms with Gasteiger partial charge in [-0.05, 0) is 19.3 Å². The minimum Gasteiger partial charge on any atom is -0.356 e. The van der Waals surface area contributed by atoms with Gasteiger partial charge in [0, 0.05) is 31.7 Å². The quantitative estimate of drug-likeness (QED) is 0.383. The second-order valence-electron chi connectivity index (χ2n) is 5.50. The van der Waals surface area contributed by atoms with E-state index in [1.165, 1.54) is 4.90 Å². The van der Waals surface area contributed by atoms with Crippen molar-refractivity contribution in [2.75, 3.05) is 13.1 Å². The summed E-state index contributed by atoms with van der Waals surface area (Å²) in [6.07, 6.45) is 5.43. The van der Waals surface area contributed by atoms with Gasteiger partial charge in [-0.2, -0.15) is 0 Å². The maximum atomic E-state index is 11.7. The van der Waals surface area contributed by atoms with E-state index in [9.17, 15) is 14.4 Å². The summed E-state index contributed by atoms with van der Waals surface area (Å²) in [4.78, 5) is 36.1. The fourth-order valence-corrected chi connectivity index (χ4v) is 2.31. The largest absolute Gasteiger partial charge is 0.356 e. The first kappa shape index (κ1) is 16.7. The van der Waals surface area contributed by atoms with E-state index in [1.807, 2.05) is 0 Å². The molecule has 1 atom stereocenters. The van der Waals surface area contributed by atoms with Gasteiger partial charge >= 0.3 is 0 Å². The van der Waals surface area contributed by atoms with Crippen LogP contribution < -0.4 is 5.32 Å². The minimum absolute atomic E-state index is 0.0488. The first-order valence-corrected chi connectivity index (χ1v) is 7.67. The predicted octanol–water partition coefficient (Wildman–Crippen LogP) is 0.644. The van der Waals surface area contributed by atoms with Crippen molar-refractivity contribution >= 4 is 25.6 Å². The van der Waals surface area contributed by atoms with Gasteiger partial charge in [0.2, 0.25) is 17.7 Å². The molecule has 1 unspecified atom stereocenters. The summed E-state index contributed by atoms with van der Waals surface area (Å²) < 4.78 is 0. The van der Waals surface area contributed by atoms with Gasteiger partial charge in [-0.25, -0.2) is 0 Å². The molecule has 0 aliphatic carbocycles. The lowest BCUT2D eigenvalue weighted by Crippen LogP contribution is -2.30. The van der Waals surface area contributed by atoms with Gasteiger partial charge < -0.3 is 5.32 Å². The molecule has 1 fully saturated rings. The Bertz CT molecular complexity index is 360. The van der Waals surface area contributed by atoms with Gasteiger partial charge in [-0.1, -0.05) is 19.8 Å². The van der Waals surface area contributed by atoms with E-state index in [1.54, 1.807) is 7.85 Å². The Morgan fingerprint density at radius 2 is 2.05 bits per heavy atom. The Morgan fingerprint density at radius 3 is 2.65 bits per heavy atom. The molecule has 20 heavy (non-hydrogen) atoms. The number of unbranched alkanes of at least 4 members (excludes halogenated alkanes) is 3. The molecule has 0 aromatic carbocycles. The van der Waals surface area contributed by atoms with Crippen molar-refractivity contribution in [3.05, 3.63) is 0 Å². The number of imide groups is 1. The van der Waals surface area contributed by atoms with E-state index >= 15 is 0 Å². The number of hydrogen-bond donors (Lipinski definition) is 1. The number of amides is 3. The van der Waals surface area contributed by atoms with Crippen molar-refractivity contribution in [1.29, 1.82) is 0 Å². The first-order chi connectivity index (χ1) is 9.56. The van der Waals surface area contributed by atoms with Crippen LogP contribution in [0, 0.1) is 0 Å². The average Bonchev–Trinajstić information content (AvgIpc) is 2.64. The zero-order valence-electron chi connectivity index (χ0n) is 12.6. The molecule has 0 radical (unpaired) electrons. The van der Waals surface area contributed by atoms with Crippen molar-refractivity contribution in [3.8, 4) is 0 Å². The zero-order valence-corrected chi connectivity index (χ0v) is 12.6. The van der Waals surface area contributed by atoms with Crippen molar-refractivity contribution in [3.63, 3.8) is 0 Å². The van der Waals surface area contributed by atoms with Crippen molar-refractivity contribution in [2.24, 2.45) is 0 Å². The fraction of sp³-hybridized carbons (Fsp3) is 0.786. The molecule has 0 saturated carbocycles. The normalized spacial score (nSPS) is 18.6. The third-order valence-corrected chi connectivity index (χ3v) is 3.61. The Kier molecular flexibility index (Phi) is 7.33. The Labute approximate surface area is 121 Å². The molecule has 6 heteroatoms. The Morgan fingerprint density at radius 1 is 1.30 bits per heavy atom. The molecule has 1 aliphatic rings. The molecular formula is C14H25BN2O3. The molecule has 1 rings (SSSR count). The average molecular weight is 280 g/mol. The maximum Gasteiger partial charge on any atom is 0.229 e. The molecule has 0 spiro atoms. The molecule has 1 N–H and O–H groups in total. The standard InChI is InChI=1S/C14H25BN2O3/c1-2-3-8-16-12(18)7-5-4-6-9-17-13(19)10-11(15)14(17)20/h11H,2-10,15H2,1H3,(H,16,18). The summed E-state index contributed by atoms with van der Waals surface area (Å²) >= 11 is 0. The lowest BCUT2D eigenvalue weighted by atomic mass is 9.86. The molecule has 1 heterocycles. The summed E-state index contributed by atoms with van der Waals surface area (Å²) in [5.74, 6) is -0.167. The highest BCUT2D eigenvalue weighted by atomic mass is 16.2. The number of nitrogens with one attached hydrogen (secondary N) is 1. The molecule has 112 valence electrons. The number of carbonyl (C=O) groups is 3. The molecule has 1 aliphatic heterocycles. The topological polar surface area (TPSA) is 66.5 Å². The molecular weight excluding hydrogens is 255 g/mol. The second kappa shape index (κ2) is 8.77. The van der Waals surface area contributed by atoms with E-state index < -0.39 is 0 Å². The van der Waals surface area contributed by atoms with Gasteiger partial charge in [0.25, 0.3) is 0 Å². The highest BCUT2D eigenvalue weighted by Gasteiger charge is 2.34. The van der Waals surface area contributed by atoms with Crippen molar-refractivity contribution < 1.29 is 14.4 Å². The van der Waals surface area contributed by atoms with Crippen LogP contribution in [0.25, 0.3) is 0 Å². The molecule has 1 saturated heterocycles. The van der Waals surface area contributed by atoms with Gasteiger partial charge in [0.1, 0.15) is 7.85 Å². The summed E-state index contributed by atoms with van der Waals surface area (Å²) in [7, 11) is 1.79. The lowest BCUT2D eigenvalue weighted by molar-refractivity contribution is -0.138. The summed E-state index contributed by atoms with van der Waals surface area (Å²) in [5, 5.41) is 2.88. The maximum absolute atomic E-state index is 11.7. The van der Waals surface area contributed by atoms with Crippen LogP contribution in [0.15, 0.2) is 0 Å². The summed E-state index contributed by atoms with van der Waals surface area (Å²) in [5.41, 5.74) is 0. The van der Waals surface area contributed by atoms with E-state index in [4.69, 9.17) is 0 Å². The van der Waals surface area contributed by atoms with Gasteiger partial charge in [0.15, 0.2) is 0 Å². The van der Waals surface area contributed by atoms with Crippen LogP contribution in [0.2, 0.25) is 5.82 Å². The van der Waals surface area contributed by atoms with Gasteiger partial charge in [0.05, 0.1) is 0 Å². The SMILES string of the molecule is BC1CC(=O)N(CCCCCC(=O)NCCCC)C1=O. The monoisotopic (exact) mass is 280 g/mol. The number of rotatable bonds is 9. The van der Waals surface area contributed by atoms with Crippen LogP contribution in [0.1, 0.15) is 51.9 Å². The third-order valence-electron chi connectivity index (χ3n) is 3.61. The Balaban J connectivity index is 2.06. The van der Waals surface area contributed by atoms with Crippen molar-refractivity contribution in [2.45, 2.75) is 57.7 Å². The van der Waals surface area contributed by atoms with Crippen LogP contribution >= 0.6 is 0 Å². The summed E-state index contributed by atoms with van der Waals surface area (Å²) in [6, 6.07) is 0. The van der Waals surface area contributed by atoms with Gasteiger partial charge in [-0.15, -0.1) is 0 Å². The molecule has 0 aromatic rings. The first-order valence-electron chi connectivity index (χ1n) is 7.67. The van der Waals surface area contributed by atoms with Crippen LogP contribution in [0.3, 0.4) is 0 Å². The van der Waals surface area contributed by atoms with Crippen LogP contribution in [-0.4, -0.2) is 43.6 Å². The van der Waals surface area contributed by atoms with Crippen LogP contribution in [-0.2, 0) is 14.4 Å². The number of nitrogens with zero attached hydrogens (tertiary/aromatic N) is 1. The Hall–Kier alpha value is -1.33. The van der Waals surface area contributed by atoms with E-state index in [0.29, 0.717) is 19.4 Å². The number of likely N-dealkylation sites (tertiary alicyclic amines) is 1. The highest BCUT2D eigenvalue weighted by molar-refractivity contribution is 6.29. The highest BCUT2D eigenvalue weighted by Crippen LogP contribution is 2.21.